The number of hydrogen-bond acceptors (Lipinski definition) is 8. The fraction of sp³-hybridized carbons (Fsp3) is 0.769. The normalized spacial score (nSPS) is 22.1. The van der Waals surface area contributed by atoms with E-state index >= 15 is 0 Å². The molecule has 206 valence electrons. The second-order valence-electron chi connectivity index (χ2n) is 12.4. The summed E-state index contributed by atoms with van der Waals surface area (Å²) in [5.41, 5.74) is -0.728. The number of likely N-dealkylation sites (tertiary alicyclic amines) is 1. The van der Waals surface area contributed by atoms with Crippen molar-refractivity contribution in [3.63, 3.8) is 0 Å². The van der Waals surface area contributed by atoms with Gasteiger partial charge in [-0.2, -0.15) is 0 Å². The van der Waals surface area contributed by atoms with Gasteiger partial charge in [0.15, 0.2) is 0 Å². The van der Waals surface area contributed by atoms with Gasteiger partial charge >= 0.3 is 13.2 Å². The summed E-state index contributed by atoms with van der Waals surface area (Å²) in [5, 5.41) is 2.66. The Morgan fingerprint density at radius 2 is 1.70 bits per heavy atom. The summed E-state index contributed by atoms with van der Waals surface area (Å²) >= 11 is 0. The number of ether oxygens (including phenoxy) is 1. The van der Waals surface area contributed by atoms with Crippen LogP contribution < -0.4 is 15.7 Å². The van der Waals surface area contributed by atoms with Gasteiger partial charge in [0.05, 0.1) is 11.2 Å². The van der Waals surface area contributed by atoms with Gasteiger partial charge in [-0.05, 0) is 82.1 Å². The molecule has 2 atom stereocenters. The van der Waals surface area contributed by atoms with Crippen LogP contribution in [-0.2, 0) is 18.8 Å². The number of carbonyl (C=O) groups excluding carboxylic acids is 2. The van der Waals surface area contributed by atoms with Gasteiger partial charge in [0.2, 0.25) is 11.9 Å². The van der Waals surface area contributed by atoms with Crippen LogP contribution in [0, 0.1) is 0 Å². The zero-order chi connectivity index (χ0) is 27.8. The molecule has 3 rings (SSSR count). The SMILES string of the molecule is CC(C)N(c1ncc(B2OC(C)(C)C(C)(C)O2)cn1)[C@H]1CCCN(C(=O)[C@H](C)NC(=O)OC(C)(C)C)C1. The van der Waals surface area contributed by atoms with Gasteiger partial charge in [0, 0.05) is 43.0 Å². The number of carbonyl (C=O) groups is 2. The Balaban J connectivity index is 1.68. The maximum atomic E-state index is 13.1. The van der Waals surface area contributed by atoms with Gasteiger partial charge in [0.25, 0.3) is 0 Å². The summed E-state index contributed by atoms with van der Waals surface area (Å²) in [6.45, 7) is 20.5. The average molecular weight is 517 g/mol. The number of anilines is 1. The Bertz CT molecular complexity index is 947. The van der Waals surface area contributed by atoms with E-state index in [-0.39, 0.29) is 18.0 Å². The van der Waals surface area contributed by atoms with Gasteiger partial charge in [-0.1, -0.05) is 0 Å². The maximum absolute atomic E-state index is 13.1. The zero-order valence-electron chi connectivity index (χ0n) is 24.1. The molecule has 1 N–H and O–H groups in total. The summed E-state index contributed by atoms with van der Waals surface area (Å²) in [7, 11) is -0.520. The number of nitrogens with one attached hydrogen (secondary N) is 1. The van der Waals surface area contributed by atoms with Gasteiger partial charge in [-0.25, -0.2) is 14.8 Å². The van der Waals surface area contributed by atoms with Crippen LogP contribution in [0.4, 0.5) is 10.7 Å². The lowest BCUT2D eigenvalue weighted by atomic mass is 9.81. The average Bonchev–Trinajstić information content (AvgIpc) is 2.99. The van der Waals surface area contributed by atoms with Crippen LogP contribution >= 0.6 is 0 Å². The Kier molecular flexibility index (Phi) is 8.49. The molecule has 1 aromatic heterocycles. The molecule has 0 bridgehead atoms. The molecular weight excluding hydrogens is 473 g/mol. The first-order valence-electron chi connectivity index (χ1n) is 13.2. The number of amides is 2. The molecule has 37 heavy (non-hydrogen) atoms. The largest absolute Gasteiger partial charge is 0.498 e. The molecule has 11 heteroatoms. The minimum Gasteiger partial charge on any atom is -0.444 e. The van der Waals surface area contributed by atoms with E-state index in [1.165, 1.54) is 0 Å². The zero-order valence-corrected chi connectivity index (χ0v) is 24.1. The highest BCUT2D eigenvalue weighted by molar-refractivity contribution is 6.61. The van der Waals surface area contributed by atoms with E-state index < -0.39 is 36.1 Å². The maximum Gasteiger partial charge on any atom is 0.498 e. The highest BCUT2D eigenvalue weighted by atomic mass is 16.7. The lowest BCUT2D eigenvalue weighted by molar-refractivity contribution is -0.134. The summed E-state index contributed by atoms with van der Waals surface area (Å²) in [6, 6.07) is -0.509. The topological polar surface area (TPSA) is 106 Å². The van der Waals surface area contributed by atoms with Crippen molar-refractivity contribution in [1.82, 2.24) is 20.2 Å². The molecule has 1 aromatic rings. The van der Waals surface area contributed by atoms with Crippen molar-refractivity contribution < 1.29 is 23.6 Å². The van der Waals surface area contributed by atoms with E-state index in [1.54, 1.807) is 40.1 Å². The number of hydrogen-bond donors (Lipinski definition) is 1. The van der Waals surface area contributed by atoms with Crippen LogP contribution in [0.2, 0.25) is 0 Å². The fourth-order valence-electron chi connectivity index (χ4n) is 4.58. The van der Waals surface area contributed by atoms with Gasteiger partial charge in [0.1, 0.15) is 11.6 Å². The van der Waals surface area contributed by atoms with Crippen LogP contribution in [0.1, 0.15) is 82.1 Å². The molecule has 3 heterocycles. The molecule has 2 saturated heterocycles. The number of alkyl carbamates (subject to hydrolysis) is 1. The second-order valence-corrected chi connectivity index (χ2v) is 12.4. The first kappa shape index (κ1) is 29.2. The van der Waals surface area contributed by atoms with E-state index in [1.807, 2.05) is 32.6 Å². The van der Waals surface area contributed by atoms with Gasteiger partial charge < -0.3 is 29.2 Å². The minimum atomic E-state index is -0.684. The highest BCUT2D eigenvalue weighted by Gasteiger charge is 2.52. The number of rotatable bonds is 6. The third-order valence-corrected chi connectivity index (χ3v) is 7.18. The van der Waals surface area contributed by atoms with Crippen molar-refractivity contribution in [2.45, 2.75) is 117 Å². The Morgan fingerprint density at radius 1 is 1.14 bits per heavy atom. The van der Waals surface area contributed by atoms with Crippen molar-refractivity contribution in [1.29, 1.82) is 0 Å². The van der Waals surface area contributed by atoms with Gasteiger partial charge in [-0.3, -0.25) is 4.79 Å². The van der Waals surface area contributed by atoms with Crippen molar-refractivity contribution in [3.8, 4) is 0 Å². The lowest BCUT2D eigenvalue weighted by Crippen LogP contribution is -2.56. The Labute approximate surface area is 222 Å². The monoisotopic (exact) mass is 517 g/mol. The Morgan fingerprint density at radius 3 is 2.22 bits per heavy atom. The van der Waals surface area contributed by atoms with Crippen molar-refractivity contribution in [2.75, 3.05) is 18.0 Å². The van der Waals surface area contributed by atoms with E-state index in [0.717, 1.165) is 18.3 Å². The summed E-state index contributed by atoms with van der Waals surface area (Å²) in [6.07, 6.45) is 4.70. The fourth-order valence-corrected chi connectivity index (χ4v) is 4.58. The molecule has 0 saturated carbocycles. The van der Waals surface area contributed by atoms with Crippen LogP contribution in [-0.4, -0.2) is 82.0 Å². The summed E-state index contributed by atoms with van der Waals surface area (Å²) < 4.78 is 17.6. The number of nitrogens with zero attached hydrogens (tertiary/aromatic N) is 4. The van der Waals surface area contributed by atoms with E-state index in [0.29, 0.717) is 19.0 Å². The highest BCUT2D eigenvalue weighted by Crippen LogP contribution is 2.36. The van der Waals surface area contributed by atoms with Crippen LogP contribution in [0.5, 0.6) is 0 Å². The molecule has 2 amide bonds. The molecule has 2 aliphatic rings. The van der Waals surface area contributed by atoms with Crippen molar-refractivity contribution in [3.05, 3.63) is 12.4 Å². The van der Waals surface area contributed by atoms with E-state index in [4.69, 9.17) is 14.0 Å². The molecular formula is C26H44BN5O5. The van der Waals surface area contributed by atoms with E-state index in [9.17, 15) is 9.59 Å². The summed E-state index contributed by atoms with van der Waals surface area (Å²) in [5.74, 6) is 0.478. The molecule has 0 radical (unpaired) electrons. The molecule has 0 unspecified atom stereocenters. The summed E-state index contributed by atoms with van der Waals surface area (Å²) in [4.78, 5) is 38.6. The van der Waals surface area contributed by atoms with Crippen LogP contribution in [0.3, 0.4) is 0 Å². The first-order chi connectivity index (χ1) is 17.0. The number of aromatic nitrogens is 2. The standard InChI is InChI=1S/C26H44BN5O5/c1-17(2)32(22-28-14-19(15-29-22)27-36-25(7,8)26(9,10)37-27)20-12-11-13-31(16-20)21(33)18(3)30-23(34)35-24(4,5)6/h14-15,17-18,20H,11-13,16H2,1-10H3,(H,30,34)/t18-,20-/m0/s1. The smallest absolute Gasteiger partial charge is 0.444 e. The van der Waals surface area contributed by atoms with Crippen molar-refractivity contribution >= 4 is 30.5 Å². The Hall–Kier alpha value is -2.40. The van der Waals surface area contributed by atoms with Crippen LogP contribution in [0.15, 0.2) is 12.4 Å². The molecule has 0 aliphatic carbocycles. The van der Waals surface area contributed by atoms with Gasteiger partial charge in [-0.15, -0.1) is 0 Å². The molecule has 0 aromatic carbocycles. The molecule has 0 spiro atoms. The first-order valence-corrected chi connectivity index (χ1v) is 13.2. The molecule has 2 aliphatic heterocycles. The third-order valence-electron chi connectivity index (χ3n) is 7.18. The van der Waals surface area contributed by atoms with E-state index in [2.05, 4.69) is 34.0 Å². The molecule has 10 nitrogen and oxygen atoms in total. The minimum absolute atomic E-state index is 0.0501. The second kappa shape index (κ2) is 10.8. The van der Waals surface area contributed by atoms with Crippen molar-refractivity contribution in [2.24, 2.45) is 0 Å². The number of piperidine rings is 1. The lowest BCUT2D eigenvalue weighted by Gasteiger charge is -2.42. The third kappa shape index (κ3) is 6.93. The van der Waals surface area contributed by atoms with Crippen LogP contribution in [0.25, 0.3) is 0 Å². The predicted molar refractivity (Wildman–Crippen MR) is 144 cm³/mol. The predicted octanol–water partition coefficient (Wildman–Crippen LogP) is 2.89. The quantitative estimate of drug-likeness (QED) is 0.575. The molecule has 2 fully saturated rings.